The van der Waals surface area contributed by atoms with Gasteiger partial charge in [0.1, 0.15) is 5.75 Å². The molecule has 0 aromatic carbocycles. The first-order chi connectivity index (χ1) is 9.76. The highest BCUT2D eigenvalue weighted by Gasteiger charge is 2.25. The van der Waals surface area contributed by atoms with Gasteiger partial charge in [-0.25, -0.2) is 0 Å². The van der Waals surface area contributed by atoms with Crippen LogP contribution in [0.1, 0.15) is 23.2 Å². The summed E-state index contributed by atoms with van der Waals surface area (Å²) in [5, 5.41) is 0.848. The van der Waals surface area contributed by atoms with Crippen molar-refractivity contribution in [2.75, 3.05) is 32.1 Å². The average Bonchev–Trinajstić information content (AvgIpc) is 2.52. The first-order valence-corrected chi connectivity index (χ1v) is 7.83. The van der Waals surface area contributed by atoms with Gasteiger partial charge in [-0.2, -0.15) is 0 Å². The molecule has 1 aliphatic rings. The van der Waals surface area contributed by atoms with Gasteiger partial charge in [-0.15, -0.1) is 0 Å². The average molecular weight is 343 g/mol. The topological polar surface area (TPSA) is 51.7 Å². The second kappa shape index (κ2) is 7.59. The Hall–Kier alpha value is -1.14. The van der Waals surface area contributed by atoms with E-state index in [2.05, 4.69) is 20.9 Å². The molecule has 2 heterocycles. The van der Waals surface area contributed by atoms with Gasteiger partial charge in [0.05, 0.1) is 31.6 Å². The Bertz CT molecular complexity index is 448. The molecule has 1 amide bonds. The maximum atomic E-state index is 12.5. The third-order valence-electron chi connectivity index (χ3n) is 3.39. The van der Waals surface area contributed by atoms with Crippen molar-refractivity contribution in [3.05, 3.63) is 24.0 Å². The summed E-state index contributed by atoms with van der Waals surface area (Å²) >= 11 is 3.35. The minimum atomic E-state index is 0.00296. The lowest BCUT2D eigenvalue weighted by Gasteiger charge is -2.32. The Morgan fingerprint density at radius 2 is 2.25 bits per heavy atom. The molecule has 0 aliphatic carbocycles. The molecule has 1 saturated heterocycles. The number of rotatable bonds is 5. The Morgan fingerprint density at radius 3 is 2.90 bits per heavy atom. The van der Waals surface area contributed by atoms with Gasteiger partial charge in [0.25, 0.3) is 5.91 Å². The molecular formula is C14H19BrN2O3. The number of methoxy groups -OCH3 is 1. The number of carbonyl (C=O) groups excluding carboxylic acids is 1. The lowest BCUT2D eigenvalue weighted by molar-refractivity contribution is 0.0159. The van der Waals surface area contributed by atoms with Crippen LogP contribution in [0.3, 0.4) is 0 Å². The third-order valence-corrected chi connectivity index (χ3v) is 3.72. The van der Waals surface area contributed by atoms with Gasteiger partial charge in [0.15, 0.2) is 0 Å². The molecule has 1 aromatic rings. The van der Waals surface area contributed by atoms with Crippen LogP contribution in [0.2, 0.25) is 0 Å². The molecule has 0 atom stereocenters. The molecule has 5 nitrogen and oxygen atoms in total. The lowest BCUT2D eigenvalue weighted by Crippen LogP contribution is -2.41. The van der Waals surface area contributed by atoms with Gasteiger partial charge in [-0.05, 0) is 18.9 Å². The molecule has 0 saturated carbocycles. The van der Waals surface area contributed by atoms with E-state index in [1.807, 2.05) is 4.90 Å². The predicted molar refractivity (Wildman–Crippen MR) is 79.5 cm³/mol. The quantitative estimate of drug-likeness (QED) is 0.769. The fourth-order valence-electron chi connectivity index (χ4n) is 2.33. The highest BCUT2D eigenvalue weighted by Crippen LogP contribution is 2.21. The molecule has 0 radical (unpaired) electrons. The number of hydrogen-bond donors (Lipinski definition) is 0. The first kappa shape index (κ1) is 15.3. The molecule has 1 aromatic heterocycles. The Balaban J connectivity index is 1.94. The molecule has 1 fully saturated rings. The van der Waals surface area contributed by atoms with E-state index in [1.54, 1.807) is 25.6 Å². The second-order valence-corrected chi connectivity index (χ2v) is 5.42. The number of likely N-dealkylation sites (tertiary alicyclic amines) is 1. The van der Waals surface area contributed by atoms with Crippen LogP contribution in [-0.4, -0.2) is 54.0 Å². The van der Waals surface area contributed by atoms with Gasteiger partial charge in [0, 0.05) is 24.6 Å². The van der Waals surface area contributed by atoms with Gasteiger partial charge in [-0.3, -0.25) is 9.78 Å². The Morgan fingerprint density at radius 1 is 1.50 bits per heavy atom. The predicted octanol–water partition coefficient (Wildman–Crippen LogP) is 2.11. The second-order valence-electron chi connectivity index (χ2n) is 4.63. The number of pyridine rings is 1. The standard InChI is InChI=1S/C14H19BrN2O3/c1-19-13-10-16-6-2-12(13)14(18)17-7-3-11(4-8-17)20-9-5-15/h2,6,10-11H,3-5,7-9H2,1H3. The van der Waals surface area contributed by atoms with Gasteiger partial charge >= 0.3 is 0 Å². The molecule has 1 aliphatic heterocycles. The lowest BCUT2D eigenvalue weighted by atomic mass is 10.1. The fourth-order valence-corrected chi connectivity index (χ4v) is 2.51. The number of amides is 1. The van der Waals surface area contributed by atoms with Gasteiger partial charge < -0.3 is 14.4 Å². The molecule has 110 valence electrons. The highest BCUT2D eigenvalue weighted by molar-refractivity contribution is 9.09. The largest absolute Gasteiger partial charge is 0.494 e. The maximum Gasteiger partial charge on any atom is 0.257 e. The van der Waals surface area contributed by atoms with E-state index in [-0.39, 0.29) is 12.0 Å². The van der Waals surface area contributed by atoms with Crippen molar-refractivity contribution in [3.63, 3.8) is 0 Å². The van der Waals surface area contributed by atoms with Crippen molar-refractivity contribution >= 4 is 21.8 Å². The first-order valence-electron chi connectivity index (χ1n) is 6.71. The molecule has 0 spiro atoms. The van der Waals surface area contributed by atoms with Crippen LogP contribution >= 0.6 is 15.9 Å². The normalized spacial score (nSPS) is 16.2. The summed E-state index contributed by atoms with van der Waals surface area (Å²) in [6, 6.07) is 1.70. The van der Waals surface area contributed by atoms with E-state index in [4.69, 9.17) is 9.47 Å². The minimum absolute atomic E-state index is 0.00296. The number of nitrogens with zero attached hydrogens (tertiary/aromatic N) is 2. The molecule has 0 bridgehead atoms. The molecule has 0 N–H and O–H groups in total. The SMILES string of the molecule is COc1cnccc1C(=O)N1CCC(OCCBr)CC1. The van der Waals surface area contributed by atoms with Crippen molar-refractivity contribution in [2.24, 2.45) is 0 Å². The number of carbonyl (C=O) groups is 1. The van der Waals surface area contributed by atoms with Gasteiger partial charge in [-0.1, -0.05) is 15.9 Å². The van der Waals surface area contributed by atoms with Crippen LogP contribution in [0, 0.1) is 0 Å². The third kappa shape index (κ3) is 3.70. The molecular weight excluding hydrogens is 324 g/mol. The van der Waals surface area contributed by atoms with E-state index in [0.29, 0.717) is 11.3 Å². The molecule has 6 heteroatoms. The zero-order chi connectivity index (χ0) is 14.4. The van der Waals surface area contributed by atoms with Crippen LogP contribution < -0.4 is 4.74 Å². The smallest absolute Gasteiger partial charge is 0.257 e. The van der Waals surface area contributed by atoms with Crippen LogP contribution in [0.4, 0.5) is 0 Å². The molecule has 2 rings (SSSR count). The zero-order valence-corrected chi connectivity index (χ0v) is 13.1. The van der Waals surface area contributed by atoms with Crippen LogP contribution in [0.5, 0.6) is 5.75 Å². The van der Waals surface area contributed by atoms with Crippen molar-refractivity contribution in [1.82, 2.24) is 9.88 Å². The number of ether oxygens (including phenoxy) is 2. The Labute approximate surface area is 127 Å². The summed E-state index contributed by atoms with van der Waals surface area (Å²) in [4.78, 5) is 18.3. The summed E-state index contributed by atoms with van der Waals surface area (Å²) in [7, 11) is 1.55. The zero-order valence-electron chi connectivity index (χ0n) is 11.5. The summed E-state index contributed by atoms with van der Waals surface area (Å²) in [5.74, 6) is 0.526. The molecule has 20 heavy (non-hydrogen) atoms. The van der Waals surface area contributed by atoms with Crippen molar-refractivity contribution in [1.29, 1.82) is 0 Å². The van der Waals surface area contributed by atoms with E-state index < -0.39 is 0 Å². The summed E-state index contributed by atoms with van der Waals surface area (Å²) in [6.45, 7) is 2.16. The molecule has 0 unspecified atom stereocenters. The summed E-state index contributed by atoms with van der Waals surface area (Å²) < 4.78 is 10.9. The maximum absolute atomic E-state index is 12.5. The number of hydrogen-bond acceptors (Lipinski definition) is 4. The van der Waals surface area contributed by atoms with Gasteiger partial charge in [0.2, 0.25) is 0 Å². The van der Waals surface area contributed by atoms with Crippen molar-refractivity contribution < 1.29 is 14.3 Å². The number of piperidine rings is 1. The van der Waals surface area contributed by atoms with E-state index in [9.17, 15) is 4.79 Å². The summed E-state index contributed by atoms with van der Waals surface area (Å²) in [5.41, 5.74) is 0.572. The monoisotopic (exact) mass is 342 g/mol. The van der Waals surface area contributed by atoms with Crippen LogP contribution in [0.25, 0.3) is 0 Å². The summed E-state index contributed by atoms with van der Waals surface area (Å²) in [6.07, 6.45) is 5.20. The van der Waals surface area contributed by atoms with Crippen molar-refractivity contribution in [3.8, 4) is 5.75 Å². The number of alkyl halides is 1. The van der Waals surface area contributed by atoms with E-state index in [1.165, 1.54) is 0 Å². The van der Waals surface area contributed by atoms with Crippen LogP contribution in [-0.2, 0) is 4.74 Å². The minimum Gasteiger partial charge on any atom is -0.494 e. The number of aromatic nitrogens is 1. The fraction of sp³-hybridized carbons (Fsp3) is 0.571. The Kier molecular flexibility index (Phi) is 5.79. The number of halogens is 1. The van der Waals surface area contributed by atoms with Crippen molar-refractivity contribution in [2.45, 2.75) is 18.9 Å². The van der Waals surface area contributed by atoms with E-state index >= 15 is 0 Å². The van der Waals surface area contributed by atoms with Crippen LogP contribution in [0.15, 0.2) is 18.5 Å². The highest BCUT2D eigenvalue weighted by atomic mass is 79.9. The van der Waals surface area contributed by atoms with E-state index in [0.717, 1.165) is 37.9 Å².